The maximum atomic E-state index is 12.1. The van der Waals surface area contributed by atoms with E-state index in [1.165, 1.54) is 11.3 Å². The minimum atomic E-state index is -0.106. The zero-order valence-electron chi connectivity index (χ0n) is 11.7. The lowest BCUT2D eigenvalue weighted by Crippen LogP contribution is -2.25. The second-order valence-corrected chi connectivity index (χ2v) is 6.28. The molecule has 0 aliphatic rings. The fourth-order valence-electron chi connectivity index (χ4n) is 1.70. The van der Waals surface area contributed by atoms with Crippen LogP contribution in [0.5, 0.6) is 0 Å². The molecule has 0 atom stereocenters. The van der Waals surface area contributed by atoms with Crippen LogP contribution in [0.1, 0.15) is 32.4 Å². The summed E-state index contributed by atoms with van der Waals surface area (Å²) in [5.74, 6) is 5.64. The minimum absolute atomic E-state index is 0.0335. The van der Waals surface area contributed by atoms with Gasteiger partial charge in [-0.05, 0) is 18.4 Å². The molecule has 0 aliphatic heterocycles. The van der Waals surface area contributed by atoms with Crippen molar-refractivity contribution in [3.05, 3.63) is 38.0 Å². The Balaban J connectivity index is 1.89. The Hall–Kier alpha value is -1.68. The molecule has 0 fully saturated rings. The topological polar surface area (TPSA) is 62.2 Å². The lowest BCUT2D eigenvalue weighted by molar-refractivity contribution is 0.0958. The molecule has 0 bridgehead atoms. The second-order valence-electron chi connectivity index (χ2n) is 4.30. The molecule has 0 spiro atoms. The fraction of sp³-hybridized carbons (Fsp3) is 0.333. The number of hydrogen-bond acceptors (Lipinski definition) is 5. The molecular weight excluding hydrogens is 304 g/mol. The number of aliphatic hydroxyl groups excluding tert-OH is 1. The van der Waals surface area contributed by atoms with Gasteiger partial charge in [-0.2, -0.15) is 0 Å². The van der Waals surface area contributed by atoms with Crippen molar-refractivity contribution in [2.45, 2.75) is 19.8 Å². The average Bonchev–Trinajstić information content (AvgIpc) is 3.08. The van der Waals surface area contributed by atoms with E-state index in [-0.39, 0.29) is 12.5 Å². The number of carbonyl (C=O) groups excluding carboxylic acids is 1. The summed E-state index contributed by atoms with van der Waals surface area (Å²) in [4.78, 5) is 17.1. The minimum Gasteiger partial charge on any atom is -0.395 e. The van der Waals surface area contributed by atoms with Gasteiger partial charge in [-0.1, -0.05) is 11.8 Å². The van der Waals surface area contributed by atoms with Crippen molar-refractivity contribution < 1.29 is 9.90 Å². The number of thiazole rings is 1. The van der Waals surface area contributed by atoms with Gasteiger partial charge in [0.15, 0.2) is 0 Å². The summed E-state index contributed by atoms with van der Waals surface area (Å²) in [6.45, 7) is 2.56. The number of nitrogens with zero attached hydrogens (tertiary/aromatic N) is 1. The molecule has 1 amide bonds. The first-order chi connectivity index (χ1) is 10.2. The van der Waals surface area contributed by atoms with E-state index in [2.05, 4.69) is 22.1 Å². The highest BCUT2D eigenvalue weighted by molar-refractivity contribution is 7.12. The number of carbonyl (C=O) groups is 1. The molecule has 0 saturated heterocycles. The summed E-state index contributed by atoms with van der Waals surface area (Å²) in [6, 6.07) is 1.83. The van der Waals surface area contributed by atoms with Crippen LogP contribution in [-0.4, -0.2) is 29.1 Å². The van der Waals surface area contributed by atoms with Crippen LogP contribution in [0.25, 0.3) is 0 Å². The first-order valence-corrected chi connectivity index (χ1v) is 8.33. The number of thiophene rings is 1. The van der Waals surface area contributed by atoms with Crippen LogP contribution in [0.4, 0.5) is 0 Å². The predicted molar refractivity (Wildman–Crippen MR) is 85.8 cm³/mol. The summed E-state index contributed by atoms with van der Waals surface area (Å²) >= 11 is 2.99. The van der Waals surface area contributed by atoms with Crippen LogP contribution in [0, 0.1) is 18.8 Å². The van der Waals surface area contributed by atoms with Gasteiger partial charge >= 0.3 is 0 Å². The van der Waals surface area contributed by atoms with E-state index >= 15 is 0 Å². The molecule has 0 unspecified atom stereocenters. The Morgan fingerprint density at radius 2 is 2.33 bits per heavy atom. The highest BCUT2D eigenvalue weighted by atomic mass is 32.1. The second kappa shape index (κ2) is 7.93. The van der Waals surface area contributed by atoms with Crippen molar-refractivity contribution in [3.8, 4) is 11.8 Å². The Morgan fingerprint density at radius 3 is 3.05 bits per heavy atom. The third-order valence-electron chi connectivity index (χ3n) is 2.66. The van der Waals surface area contributed by atoms with Crippen LogP contribution in [0.3, 0.4) is 0 Å². The summed E-state index contributed by atoms with van der Waals surface area (Å²) in [6.07, 6.45) is 1.15. The Bertz CT molecular complexity index is 665. The number of rotatable bonds is 5. The van der Waals surface area contributed by atoms with Crippen LogP contribution >= 0.6 is 22.7 Å². The van der Waals surface area contributed by atoms with Gasteiger partial charge in [0, 0.05) is 30.3 Å². The quantitative estimate of drug-likeness (QED) is 0.831. The van der Waals surface area contributed by atoms with Crippen molar-refractivity contribution in [1.82, 2.24) is 10.3 Å². The average molecular weight is 320 g/mol. The monoisotopic (exact) mass is 320 g/mol. The van der Waals surface area contributed by atoms with E-state index in [1.807, 2.05) is 23.8 Å². The molecule has 0 saturated carbocycles. The van der Waals surface area contributed by atoms with Crippen molar-refractivity contribution in [2.75, 3.05) is 13.2 Å². The van der Waals surface area contributed by atoms with E-state index in [9.17, 15) is 4.79 Å². The highest BCUT2D eigenvalue weighted by Crippen LogP contribution is 2.15. The van der Waals surface area contributed by atoms with Crippen molar-refractivity contribution in [3.63, 3.8) is 0 Å². The Labute approximate surface area is 131 Å². The van der Waals surface area contributed by atoms with Gasteiger partial charge in [-0.15, -0.1) is 22.7 Å². The molecule has 2 aromatic rings. The molecule has 21 heavy (non-hydrogen) atoms. The largest absolute Gasteiger partial charge is 0.395 e. The number of aryl methyl sites for hydroxylation is 1. The number of nitrogens with one attached hydrogen (secondary N) is 1. The zero-order chi connectivity index (χ0) is 15.1. The number of hydrogen-bond donors (Lipinski definition) is 2. The van der Waals surface area contributed by atoms with E-state index in [0.29, 0.717) is 17.8 Å². The third-order valence-corrected chi connectivity index (χ3v) is 4.40. The molecule has 6 heteroatoms. The molecule has 2 N–H and O–H groups in total. The van der Waals surface area contributed by atoms with Gasteiger partial charge in [0.2, 0.25) is 0 Å². The highest BCUT2D eigenvalue weighted by Gasteiger charge is 2.11. The maximum absolute atomic E-state index is 12.1. The molecule has 2 heterocycles. The van der Waals surface area contributed by atoms with Crippen molar-refractivity contribution in [2.24, 2.45) is 0 Å². The molecule has 4 nitrogen and oxygen atoms in total. The lowest BCUT2D eigenvalue weighted by atomic mass is 10.2. The van der Waals surface area contributed by atoms with Crippen molar-refractivity contribution >= 4 is 28.6 Å². The maximum Gasteiger partial charge on any atom is 0.262 e. The summed E-state index contributed by atoms with van der Waals surface area (Å²) in [7, 11) is 0. The van der Waals surface area contributed by atoms with Gasteiger partial charge < -0.3 is 10.4 Å². The van der Waals surface area contributed by atoms with Crippen molar-refractivity contribution in [1.29, 1.82) is 0 Å². The smallest absolute Gasteiger partial charge is 0.262 e. The van der Waals surface area contributed by atoms with E-state index in [4.69, 9.17) is 5.11 Å². The summed E-state index contributed by atoms with van der Waals surface area (Å²) in [5.41, 5.74) is 1.72. The lowest BCUT2D eigenvalue weighted by Gasteiger charge is -2.02. The molecular formula is C15H16N2O2S2. The van der Waals surface area contributed by atoms with Crippen LogP contribution in [-0.2, 0) is 6.42 Å². The van der Waals surface area contributed by atoms with Gasteiger partial charge in [-0.3, -0.25) is 4.79 Å². The molecule has 2 aromatic heterocycles. The molecule has 2 rings (SSSR count). The first kappa shape index (κ1) is 15.7. The summed E-state index contributed by atoms with van der Waals surface area (Å²) < 4.78 is 0. The number of amides is 1. The van der Waals surface area contributed by atoms with Gasteiger partial charge in [-0.25, -0.2) is 4.98 Å². The fourth-order valence-corrected chi connectivity index (χ4v) is 3.12. The van der Waals surface area contributed by atoms with Gasteiger partial charge in [0.1, 0.15) is 4.88 Å². The predicted octanol–water partition coefficient (Wildman–Crippen LogP) is 2.22. The SMILES string of the molecule is Cc1nc(CCNC(=O)c2sccc2C#CCCO)cs1. The number of aromatic nitrogens is 1. The normalized spacial score (nSPS) is 10.0. The standard InChI is InChI=1S/C15H16N2O2S2/c1-11-17-13(10-21-11)5-7-16-15(19)14-12(6-9-20-14)4-2-3-8-18/h6,9-10,18H,3,5,7-8H2,1H3,(H,16,19). The Kier molecular flexibility index (Phi) is 5.93. The van der Waals surface area contributed by atoms with E-state index in [0.717, 1.165) is 22.7 Å². The van der Waals surface area contributed by atoms with Crippen LogP contribution in [0.2, 0.25) is 0 Å². The zero-order valence-corrected chi connectivity index (χ0v) is 13.3. The van der Waals surface area contributed by atoms with Gasteiger partial charge in [0.25, 0.3) is 5.91 Å². The van der Waals surface area contributed by atoms with Gasteiger partial charge in [0.05, 0.1) is 17.3 Å². The molecule has 110 valence electrons. The molecule has 0 aliphatic carbocycles. The number of aliphatic hydroxyl groups is 1. The first-order valence-electron chi connectivity index (χ1n) is 6.57. The summed E-state index contributed by atoms with van der Waals surface area (Å²) in [5, 5.41) is 16.5. The van der Waals surface area contributed by atoms with Crippen LogP contribution in [0.15, 0.2) is 16.8 Å². The Morgan fingerprint density at radius 1 is 1.48 bits per heavy atom. The van der Waals surface area contributed by atoms with Crippen LogP contribution < -0.4 is 5.32 Å². The molecule has 0 radical (unpaired) electrons. The van der Waals surface area contributed by atoms with E-state index in [1.54, 1.807) is 11.3 Å². The third kappa shape index (κ3) is 4.67. The molecule has 0 aromatic carbocycles. The van der Waals surface area contributed by atoms with E-state index < -0.39 is 0 Å².